The van der Waals surface area contributed by atoms with Gasteiger partial charge in [0, 0.05) is 19.2 Å². The molecule has 10 heteroatoms. The number of nitrogens with zero attached hydrogens (tertiary/aromatic N) is 6. The second-order valence-electron chi connectivity index (χ2n) is 6.75. The number of hydrogen-bond donors (Lipinski definition) is 1. The van der Waals surface area contributed by atoms with Gasteiger partial charge < -0.3 is 10.1 Å². The number of pyridine rings is 1. The number of carbonyl (C=O) groups excluding carboxylic acids is 2. The van der Waals surface area contributed by atoms with Gasteiger partial charge in [0.25, 0.3) is 0 Å². The van der Waals surface area contributed by atoms with E-state index in [2.05, 4.69) is 25.5 Å². The van der Waals surface area contributed by atoms with Crippen LogP contribution in [0.4, 0.5) is 5.69 Å². The Bertz CT molecular complexity index is 1070. The Hall–Kier alpha value is -4.08. The van der Waals surface area contributed by atoms with Crippen LogP contribution < -0.4 is 10.3 Å². The molecule has 10 nitrogen and oxygen atoms in total. The number of hydrazone groups is 1. The zero-order valence-electron chi connectivity index (χ0n) is 16.9. The summed E-state index contributed by atoms with van der Waals surface area (Å²) < 4.78 is 6.61. The van der Waals surface area contributed by atoms with Crippen molar-refractivity contribution in [2.24, 2.45) is 5.10 Å². The van der Waals surface area contributed by atoms with Crippen LogP contribution in [0.3, 0.4) is 0 Å². The van der Waals surface area contributed by atoms with E-state index < -0.39 is 12.0 Å². The quantitative estimate of drug-likeness (QED) is 0.577. The fraction of sp³-hybridized carbons (Fsp3) is 0.238. The van der Waals surface area contributed by atoms with Gasteiger partial charge in [-0.2, -0.15) is 10.2 Å². The summed E-state index contributed by atoms with van der Waals surface area (Å²) in [7, 11) is 0. The van der Waals surface area contributed by atoms with E-state index in [9.17, 15) is 9.59 Å². The molecule has 1 aliphatic heterocycles. The molecule has 0 aliphatic carbocycles. The van der Waals surface area contributed by atoms with Crippen LogP contribution in [-0.4, -0.2) is 50.0 Å². The molecule has 1 aliphatic rings. The lowest BCUT2D eigenvalue weighted by atomic mass is 10.1. The summed E-state index contributed by atoms with van der Waals surface area (Å²) in [5, 5.41) is 12.9. The van der Waals surface area contributed by atoms with Gasteiger partial charge in [-0.3, -0.25) is 9.80 Å². The highest BCUT2D eigenvalue weighted by molar-refractivity contribution is 6.38. The maximum absolute atomic E-state index is 13.0. The molecule has 3 heterocycles. The van der Waals surface area contributed by atoms with Crippen LogP contribution in [0.2, 0.25) is 0 Å². The first-order valence-electron chi connectivity index (χ1n) is 9.82. The van der Waals surface area contributed by atoms with Crippen LogP contribution in [0, 0.1) is 0 Å². The topological polar surface area (TPSA) is 115 Å². The van der Waals surface area contributed by atoms with Gasteiger partial charge in [-0.05, 0) is 30.7 Å². The Morgan fingerprint density at radius 2 is 2.03 bits per heavy atom. The van der Waals surface area contributed by atoms with Crippen molar-refractivity contribution < 1.29 is 14.3 Å². The smallest absolute Gasteiger partial charge is 0.354 e. The van der Waals surface area contributed by atoms with Crippen LogP contribution in [0.25, 0.3) is 5.82 Å². The SMILES string of the molecule is CCOC(=O)C1=NN(c2ccccc2)C(C(=O)NCc2ccc(-n3cncn3)nc2)C1. The van der Waals surface area contributed by atoms with Crippen molar-refractivity contribution in [1.29, 1.82) is 0 Å². The second kappa shape index (κ2) is 9.16. The standard InChI is InChI=1S/C21H21N7O3/c1-2-31-21(30)17-10-18(28(26-17)16-6-4-3-5-7-16)20(29)24-12-15-8-9-19(23-11-15)27-14-22-13-25-27/h3-9,11,13-14,18H,2,10,12H2,1H3,(H,24,29). The third kappa shape index (κ3) is 4.58. The molecule has 0 saturated heterocycles. The average Bonchev–Trinajstić information content (AvgIpc) is 3.49. The third-order valence-corrected chi connectivity index (χ3v) is 4.67. The van der Waals surface area contributed by atoms with Crippen molar-refractivity contribution in [3.63, 3.8) is 0 Å². The largest absolute Gasteiger partial charge is 0.461 e. The first-order chi connectivity index (χ1) is 15.2. The fourth-order valence-electron chi connectivity index (χ4n) is 3.16. The lowest BCUT2D eigenvalue weighted by molar-refractivity contribution is -0.135. The number of anilines is 1. The molecule has 0 saturated carbocycles. The van der Waals surface area contributed by atoms with E-state index in [0.29, 0.717) is 5.82 Å². The molecule has 31 heavy (non-hydrogen) atoms. The Morgan fingerprint density at radius 1 is 1.19 bits per heavy atom. The minimum atomic E-state index is -0.649. The molecule has 1 atom stereocenters. The number of nitrogens with one attached hydrogen (secondary N) is 1. The number of ether oxygens (including phenoxy) is 1. The van der Waals surface area contributed by atoms with Crippen LogP contribution >= 0.6 is 0 Å². The molecular weight excluding hydrogens is 398 g/mol. The van der Waals surface area contributed by atoms with Crippen LogP contribution in [0.1, 0.15) is 18.9 Å². The number of para-hydroxylation sites is 1. The summed E-state index contributed by atoms with van der Waals surface area (Å²) in [6.07, 6.45) is 4.83. The fourth-order valence-corrected chi connectivity index (χ4v) is 3.16. The lowest BCUT2D eigenvalue weighted by Gasteiger charge is -2.22. The zero-order chi connectivity index (χ0) is 21.6. The van der Waals surface area contributed by atoms with Gasteiger partial charge in [0.2, 0.25) is 5.91 Å². The summed E-state index contributed by atoms with van der Waals surface area (Å²) in [5.41, 5.74) is 1.78. The average molecular weight is 419 g/mol. The van der Waals surface area contributed by atoms with Crippen molar-refractivity contribution in [2.45, 2.75) is 25.9 Å². The molecule has 0 fully saturated rings. The molecule has 1 amide bonds. The highest BCUT2D eigenvalue weighted by atomic mass is 16.5. The number of carbonyl (C=O) groups is 2. The molecule has 1 aromatic carbocycles. The van der Waals surface area contributed by atoms with E-state index >= 15 is 0 Å². The zero-order valence-corrected chi connectivity index (χ0v) is 16.9. The van der Waals surface area contributed by atoms with Crippen LogP contribution in [0.5, 0.6) is 0 Å². The molecular formula is C21H21N7O3. The van der Waals surface area contributed by atoms with Gasteiger partial charge in [0.15, 0.2) is 5.82 Å². The summed E-state index contributed by atoms with van der Waals surface area (Å²) in [5.74, 6) is -0.120. The summed E-state index contributed by atoms with van der Waals surface area (Å²) >= 11 is 0. The predicted octanol–water partition coefficient (Wildman–Crippen LogP) is 1.48. The van der Waals surface area contributed by atoms with Crippen molar-refractivity contribution in [2.75, 3.05) is 11.6 Å². The van der Waals surface area contributed by atoms with E-state index in [0.717, 1.165) is 11.3 Å². The minimum absolute atomic E-state index is 0.170. The maximum atomic E-state index is 13.0. The molecule has 0 bridgehead atoms. The van der Waals surface area contributed by atoms with Crippen molar-refractivity contribution in [1.82, 2.24) is 25.1 Å². The first kappa shape index (κ1) is 20.2. The van der Waals surface area contributed by atoms with Crippen LogP contribution in [0.15, 0.2) is 66.4 Å². The van der Waals surface area contributed by atoms with Gasteiger partial charge in [0.05, 0.1) is 12.3 Å². The highest BCUT2D eigenvalue weighted by Gasteiger charge is 2.36. The summed E-state index contributed by atoms with van der Waals surface area (Å²) in [6.45, 7) is 2.27. The number of hydrogen-bond acceptors (Lipinski definition) is 8. The molecule has 0 radical (unpaired) electrons. The van der Waals surface area contributed by atoms with Crippen molar-refractivity contribution >= 4 is 23.3 Å². The van der Waals surface area contributed by atoms with Gasteiger partial charge in [0.1, 0.15) is 24.4 Å². The molecule has 2 aromatic heterocycles. The number of rotatable bonds is 7. The Labute approximate surface area is 178 Å². The van der Waals surface area contributed by atoms with E-state index in [-0.39, 0.29) is 31.2 Å². The normalized spacial score (nSPS) is 15.5. The van der Waals surface area contributed by atoms with Gasteiger partial charge in [-0.25, -0.2) is 19.4 Å². The van der Waals surface area contributed by atoms with Crippen molar-refractivity contribution in [3.8, 4) is 5.82 Å². The Balaban J connectivity index is 1.44. The van der Waals surface area contributed by atoms with Gasteiger partial charge >= 0.3 is 5.97 Å². The second-order valence-corrected chi connectivity index (χ2v) is 6.75. The molecule has 4 rings (SSSR count). The lowest BCUT2D eigenvalue weighted by Crippen LogP contribution is -2.42. The number of benzene rings is 1. The van der Waals surface area contributed by atoms with Gasteiger partial charge in [-0.1, -0.05) is 24.3 Å². The molecule has 3 aromatic rings. The number of aromatic nitrogens is 4. The molecule has 1 N–H and O–H groups in total. The first-order valence-corrected chi connectivity index (χ1v) is 9.82. The highest BCUT2D eigenvalue weighted by Crippen LogP contribution is 2.25. The number of esters is 1. The number of amides is 1. The third-order valence-electron chi connectivity index (χ3n) is 4.67. The molecule has 1 unspecified atom stereocenters. The molecule has 0 spiro atoms. The van der Waals surface area contributed by atoms with Crippen molar-refractivity contribution in [3.05, 3.63) is 66.9 Å². The van der Waals surface area contributed by atoms with E-state index in [1.165, 1.54) is 6.33 Å². The predicted molar refractivity (Wildman–Crippen MR) is 112 cm³/mol. The summed E-state index contributed by atoms with van der Waals surface area (Å²) in [4.78, 5) is 33.4. The maximum Gasteiger partial charge on any atom is 0.354 e. The van der Waals surface area contributed by atoms with E-state index in [4.69, 9.17) is 4.74 Å². The van der Waals surface area contributed by atoms with Crippen LogP contribution in [-0.2, 0) is 20.9 Å². The van der Waals surface area contributed by atoms with Gasteiger partial charge in [-0.15, -0.1) is 0 Å². The van der Waals surface area contributed by atoms with E-state index in [1.807, 2.05) is 36.4 Å². The summed E-state index contributed by atoms with van der Waals surface area (Å²) in [6, 6.07) is 12.3. The Morgan fingerprint density at radius 3 is 2.71 bits per heavy atom. The molecule has 158 valence electrons. The monoisotopic (exact) mass is 419 g/mol. The Kier molecular flexibility index (Phi) is 5.97. The minimum Gasteiger partial charge on any atom is -0.461 e. The van der Waals surface area contributed by atoms with E-state index in [1.54, 1.807) is 35.2 Å².